The normalized spacial score (nSPS) is 10.2. The predicted molar refractivity (Wildman–Crippen MR) is 134 cm³/mol. The summed E-state index contributed by atoms with van der Waals surface area (Å²) in [6.45, 7) is 1.43. The summed E-state index contributed by atoms with van der Waals surface area (Å²) in [6, 6.07) is 19.2. The van der Waals surface area contributed by atoms with E-state index in [0.29, 0.717) is 34.1 Å². The molecule has 34 heavy (non-hydrogen) atoms. The number of hydrogen-bond donors (Lipinski definition) is 3. The van der Waals surface area contributed by atoms with Crippen molar-refractivity contribution >= 4 is 46.5 Å². The molecule has 9 heteroatoms. The van der Waals surface area contributed by atoms with Crippen molar-refractivity contribution in [1.29, 1.82) is 0 Å². The van der Waals surface area contributed by atoms with Gasteiger partial charge in [-0.2, -0.15) is 0 Å². The summed E-state index contributed by atoms with van der Waals surface area (Å²) in [4.78, 5) is 37.1. The Morgan fingerprint density at radius 1 is 0.765 bits per heavy atom. The third kappa shape index (κ3) is 6.76. The van der Waals surface area contributed by atoms with E-state index in [9.17, 15) is 14.4 Å². The molecule has 0 spiro atoms. The van der Waals surface area contributed by atoms with Crippen molar-refractivity contribution in [2.75, 3.05) is 35.9 Å². The van der Waals surface area contributed by atoms with Crippen molar-refractivity contribution in [1.82, 2.24) is 0 Å². The Bertz CT molecular complexity index is 1160. The van der Waals surface area contributed by atoms with Crippen LogP contribution in [0.25, 0.3) is 0 Å². The number of hydrogen-bond acceptors (Lipinski definition) is 6. The van der Waals surface area contributed by atoms with Gasteiger partial charge in [0, 0.05) is 28.9 Å². The zero-order valence-corrected chi connectivity index (χ0v) is 19.8. The lowest BCUT2D eigenvalue weighted by Gasteiger charge is -2.13. The molecule has 0 radical (unpaired) electrons. The molecule has 0 unspecified atom stereocenters. The summed E-state index contributed by atoms with van der Waals surface area (Å²) in [5.74, 6) is 0.301. The molecule has 0 heterocycles. The first-order valence-electron chi connectivity index (χ1n) is 10.3. The molecule has 176 valence electrons. The van der Waals surface area contributed by atoms with Gasteiger partial charge in [-0.15, -0.1) is 11.8 Å². The maximum Gasteiger partial charge on any atom is 0.263 e. The minimum Gasteiger partial charge on any atom is -0.496 e. The fourth-order valence-electron chi connectivity index (χ4n) is 3.12. The highest BCUT2D eigenvalue weighted by atomic mass is 32.2. The van der Waals surface area contributed by atoms with Gasteiger partial charge in [-0.05, 0) is 54.6 Å². The number of amides is 3. The number of carbonyl (C=O) groups is 3. The highest BCUT2D eigenvalue weighted by Crippen LogP contribution is 2.30. The molecule has 3 amide bonds. The van der Waals surface area contributed by atoms with E-state index in [2.05, 4.69) is 16.0 Å². The van der Waals surface area contributed by atoms with Gasteiger partial charge < -0.3 is 25.4 Å². The van der Waals surface area contributed by atoms with Gasteiger partial charge in [0.2, 0.25) is 11.8 Å². The topological polar surface area (TPSA) is 106 Å². The molecule has 0 atom stereocenters. The number of thioether (sulfide) groups is 1. The molecule has 3 aromatic rings. The molecule has 0 bridgehead atoms. The van der Waals surface area contributed by atoms with Gasteiger partial charge in [0.1, 0.15) is 17.1 Å². The van der Waals surface area contributed by atoms with E-state index in [-0.39, 0.29) is 23.5 Å². The van der Waals surface area contributed by atoms with Crippen LogP contribution in [0.2, 0.25) is 0 Å². The van der Waals surface area contributed by atoms with Gasteiger partial charge >= 0.3 is 0 Å². The molecular weight excluding hydrogens is 454 g/mol. The molecule has 0 aliphatic rings. The van der Waals surface area contributed by atoms with Crippen LogP contribution in [0.15, 0.2) is 71.6 Å². The Morgan fingerprint density at radius 3 is 1.94 bits per heavy atom. The zero-order valence-electron chi connectivity index (χ0n) is 19.0. The lowest BCUT2D eigenvalue weighted by atomic mass is 10.1. The molecule has 3 aromatic carbocycles. The van der Waals surface area contributed by atoms with Crippen LogP contribution in [0.3, 0.4) is 0 Å². The van der Waals surface area contributed by atoms with Gasteiger partial charge in [-0.25, -0.2) is 0 Å². The summed E-state index contributed by atoms with van der Waals surface area (Å²) in [7, 11) is 2.98. The summed E-state index contributed by atoms with van der Waals surface area (Å²) in [5, 5.41) is 8.34. The van der Waals surface area contributed by atoms with Crippen LogP contribution in [0, 0.1) is 0 Å². The summed E-state index contributed by atoms with van der Waals surface area (Å²) in [6.07, 6.45) is 0. The molecule has 0 saturated carbocycles. The molecule has 0 fully saturated rings. The number of nitrogens with one attached hydrogen (secondary N) is 3. The van der Waals surface area contributed by atoms with Crippen LogP contribution in [0.4, 0.5) is 17.1 Å². The van der Waals surface area contributed by atoms with Gasteiger partial charge in [-0.1, -0.05) is 12.1 Å². The van der Waals surface area contributed by atoms with Crippen molar-refractivity contribution < 1.29 is 23.9 Å². The molecular formula is C25H25N3O5S. The van der Waals surface area contributed by atoms with Crippen LogP contribution in [0.1, 0.15) is 17.3 Å². The Balaban J connectivity index is 1.59. The summed E-state index contributed by atoms with van der Waals surface area (Å²) < 4.78 is 10.6. The average molecular weight is 480 g/mol. The first kappa shape index (κ1) is 24.7. The van der Waals surface area contributed by atoms with Crippen LogP contribution in [0.5, 0.6) is 11.5 Å². The minimum absolute atomic E-state index is 0.159. The van der Waals surface area contributed by atoms with Crippen LogP contribution >= 0.6 is 11.8 Å². The van der Waals surface area contributed by atoms with E-state index in [1.165, 1.54) is 32.9 Å². The lowest BCUT2D eigenvalue weighted by Crippen LogP contribution is -2.15. The molecule has 3 rings (SSSR count). The largest absolute Gasteiger partial charge is 0.496 e. The molecule has 8 nitrogen and oxygen atoms in total. The van der Waals surface area contributed by atoms with E-state index in [4.69, 9.17) is 9.47 Å². The Morgan fingerprint density at radius 2 is 1.35 bits per heavy atom. The number of ether oxygens (including phenoxy) is 2. The van der Waals surface area contributed by atoms with Crippen molar-refractivity contribution in [3.8, 4) is 11.5 Å². The molecule has 0 aromatic heterocycles. The van der Waals surface area contributed by atoms with E-state index in [1.807, 2.05) is 6.07 Å². The van der Waals surface area contributed by atoms with Gasteiger partial charge in [0.05, 0.1) is 20.0 Å². The van der Waals surface area contributed by atoms with Crippen molar-refractivity contribution in [2.24, 2.45) is 0 Å². The summed E-state index contributed by atoms with van der Waals surface area (Å²) in [5.41, 5.74) is 2.17. The lowest BCUT2D eigenvalue weighted by molar-refractivity contribution is -0.114. The highest BCUT2D eigenvalue weighted by molar-refractivity contribution is 8.00. The minimum atomic E-state index is -0.364. The molecule has 0 aliphatic carbocycles. The second kappa shape index (κ2) is 11.8. The van der Waals surface area contributed by atoms with E-state index in [0.717, 1.165) is 4.90 Å². The smallest absolute Gasteiger partial charge is 0.263 e. The number of anilines is 3. The van der Waals surface area contributed by atoms with E-state index < -0.39 is 0 Å². The van der Waals surface area contributed by atoms with Gasteiger partial charge in [0.25, 0.3) is 5.91 Å². The van der Waals surface area contributed by atoms with Crippen LogP contribution < -0.4 is 25.4 Å². The van der Waals surface area contributed by atoms with E-state index in [1.54, 1.807) is 60.7 Å². The Labute approximate surface area is 202 Å². The number of benzene rings is 3. The second-order valence-corrected chi connectivity index (χ2v) is 8.16. The van der Waals surface area contributed by atoms with Crippen molar-refractivity contribution in [2.45, 2.75) is 11.8 Å². The number of rotatable bonds is 9. The fraction of sp³-hybridized carbons (Fsp3) is 0.160. The second-order valence-electron chi connectivity index (χ2n) is 7.11. The SMILES string of the molecule is COc1cccc(OC)c1C(=O)Nc1cccc(SCC(=O)Nc2ccc(NC(C)=O)cc2)c1. The maximum absolute atomic E-state index is 12.9. The number of methoxy groups -OCH3 is 2. The third-order valence-electron chi connectivity index (χ3n) is 4.61. The number of carbonyl (C=O) groups excluding carboxylic acids is 3. The van der Waals surface area contributed by atoms with Crippen LogP contribution in [-0.4, -0.2) is 37.7 Å². The quantitative estimate of drug-likeness (QED) is 0.386. The van der Waals surface area contributed by atoms with Gasteiger partial charge in [-0.3, -0.25) is 14.4 Å². The van der Waals surface area contributed by atoms with Crippen molar-refractivity contribution in [3.63, 3.8) is 0 Å². The van der Waals surface area contributed by atoms with Crippen LogP contribution in [-0.2, 0) is 9.59 Å². The first-order valence-corrected chi connectivity index (χ1v) is 11.3. The van der Waals surface area contributed by atoms with E-state index >= 15 is 0 Å². The maximum atomic E-state index is 12.9. The third-order valence-corrected chi connectivity index (χ3v) is 5.60. The summed E-state index contributed by atoms with van der Waals surface area (Å²) >= 11 is 1.34. The first-order chi connectivity index (χ1) is 16.4. The highest BCUT2D eigenvalue weighted by Gasteiger charge is 2.18. The average Bonchev–Trinajstić information content (AvgIpc) is 2.83. The predicted octanol–water partition coefficient (Wildman–Crippen LogP) is 4.65. The molecule has 3 N–H and O–H groups in total. The Kier molecular flexibility index (Phi) is 8.53. The van der Waals surface area contributed by atoms with Gasteiger partial charge in [0.15, 0.2) is 0 Å². The zero-order chi connectivity index (χ0) is 24.5. The monoisotopic (exact) mass is 479 g/mol. The molecule has 0 saturated heterocycles. The van der Waals surface area contributed by atoms with Crippen molar-refractivity contribution in [3.05, 3.63) is 72.3 Å². The Hall–Kier alpha value is -3.98. The molecule has 0 aliphatic heterocycles. The fourth-order valence-corrected chi connectivity index (χ4v) is 3.87. The standard InChI is InChI=1S/C25H25N3O5S/c1-16(29)26-17-10-12-18(13-11-17)27-23(30)15-34-20-7-4-6-19(14-20)28-25(31)24-21(32-2)8-5-9-22(24)33-3/h4-14H,15H2,1-3H3,(H,26,29)(H,27,30)(H,28,31).